The number of likely N-dealkylation sites (tertiary alicyclic amines) is 1. The predicted molar refractivity (Wildman–Crippen MR) is 111 cm³/mol. The van der Waals surface area contributed by atoms with Crippen LogP contribution in [0.15, 0.2) is 48.7 Å². The Morgan fingerprint density at radius 2 is 2.03 bits per heavy atom. The first-order valence-electron chi connectivity index (χ1n) is 10.1. The Labute approximate surface area is 169 Å². The molecule has 2 heterocycles. The van der Waals surface area contributed by atoms with E-state index in [1.165, 1.54) is 0 Å². The van der Waals surface area contributed by atoms with Gasteiger partial charge in [0, 0.05) is 30.1 Å². The lowest BCUT2D eigenvalue weighted by molar-refractivity contribution is 0.0515. The zero-order valence-electron chi connectivity index (χ0n) is 16.6. The Balaban J connectivity index is 1.50. The van der Waals surface area contributed by atoms with Crippen LogP contribution in [0.5, 0.6) is 0 Å². The highest BCUT2D eigenvalue weighted by Gasteiger charge is 2.28. The van der Waals surface area contributed by atoms with Crippen molar-refractivity contribution in [2.75, 3.05) is 19.7 Å². The first kappa shape index (κ1) is 19.3. The van der Waals surface area contributed by atoms with Gasteiger partial charge in [0.2, 0.25) is 0 Å². The Morgan fingerprint density at radius 3 is 2.90 bits per heavy atom. The molecule has 0 unspecified atom stereocenters. The fourth-order valence-electron chi connectivity index (χ4n) is 4.13. The Bertz CT molecular complexity index is 1020. The number of piperidine rings is 1. The average molecular weight is 391 g/mol. The lowest BCUT2D eigenvalue weighted by Gasteiger charge is -2.32. The summed E-state index contributed by atoms with van der Waals surface area (Å²) in [6.07, 6.45) is 3.50. The second-order valence-electron chi connectivity index (χ2n) is 7.46. The van der Waals surface area contributed by atoms with Gasteiger partial charge in [-0.25, -0.2) is 4.79 Å². The van der Waals surface area contributed by atoms with Gasteiger partial charge < -0.3 is 4.74 Å². The number of H-pyrrole nitrogens is 1. The van der Waals surface area contributed by atoms with Crippen LogP contribution in [0, 0.1) is 5.92 Å². The predicted octanol–water partition coefficient (Wildman–Crippen LogP) is 3.83. The summed E-state index contributed by atoms with van der Waals surface area (Å²) in [6, 6.07) is 13.9. The Hall–Kier alpha value is -2.99. The van der Waals surface area contributed by atoms with E-state index >= 15 is 0 Å². The van der Waals surface area contributed by atoms with Gasteiger partial charge in [-0.2, -0.15) is 5.10 Å². The fraction of sp³-hybridized carbons (Fsp3) is 0.348. The lowest BCUT2D eigenvalue weighted by Crippen LogP contribution is -2.38. The molecule has 6 heteroatoms. The number of ether oxygens (including phenoxy) is 1. The molecular weight excluding hydrogens is 366 g/mol. The molecule has 0 saturated carbocycles. The normalized spacial score (nSPS) is 17.3. The first-order valence-corrected chi connectivity index (χ1v) is 10.1. The van der Waals surface area contributed by atoms with Crippen molar-refractivity contribution < 1.29 is 14.3 Å². The molecule has 29 heavy (non-hydrogen) atoms. The second-order valence-corrected chi connectivity index (χ2v) is 7.46. The fourth-order valence-corrected chi connectivity index (χ4v) is 4.13. The average Bonchev–Trinajstić information content (AvgIpc) is 3.21. The summed E-state index contributed by atoms with van der Waals surface area (Å²) in [7, 11) is 0. The molecular formula is C23H25N3O3. The summed E-state index contributed by atoms with van der Waals surface area (Å²) in [5.41, 5.74) is 2.00. The van der Waals surface area contributed by atoms with Crippen molar-refractivity contribution in [2.24, 2.45) is 5.92 Å². The van der Waals surface area contributed by atoms with Crippen molar-refractivity contribution in [3.8, 4) is 0 Å². The van der Waals surface area contributed by atoms with E-state index in [0.717, 1.165) is 41.3 Å². The number of ketones is 1. The Kier molecular flexibility index (Phi) is 5.71. The Morgan fingerprint density at radius 1 is 1.21 bits per heavy atom. The summed E-state index contributed by atoms with van der Waals surface area (Å²) in [6.45, 7) is 4.25. The molecule has 0 spiro atoms. The lowest BCUT2D eigenvalue weighted by atomic mass is 9.88. The molecule has 0 amide bonds. The zero-order valence-corrected chi connectivity index (χ0v) is 16.6. The van der Waals surface area contributed by atoms with Crippen LogP contribution < -0.4 is 0 Å². The van der Waals surface area contributed by atoms with E-state index in [9.17, 15) is 9.59 Å². The SMILES string of the molecule is CCOC(=O)c1[nH]ncc1CN1CCC[C@@H](C(=O)c2cccc3ccccc23)C1. The van der Waals surface area contributed by atoms with E-state index in [1.54, 1.807) is 13.1 Å². The maximum Gasteiger partial charge on any atom is 0.356 e. The topological polar surface area (TPSA) is 75.3 Å². The molecule has 1 aromatic heterocycles. The van der Waals surface area contributed by atoms with Crippen LogP contribution in [0.3, 0.4) is 0 Å². The van der Waals surface area contributed by atoms with E-state index in [1.807, 2.05) is 42.5 Å². The van der Waals surface area contributed by atoms with Gasteiger partial charge in [-0.05, 0) is 37.1 Å². The molecule has 150 valence electrons. The number of fused-ring (bicyclic) bond motifs is 1. The standard InChI is InChI=1S/C23H25N3O3/c1-2-29-23(28)21-18(13-24-25-21)15-26-12-6-9-17(14-26)22(27)20-11-5-8-16-7-3-4-10-19(16)20/h3-5,7-8,10-11,13,17H,2,6,9,12,14-15H2,1H3,(H,24,25)/t17-/m1/s1. The van der Waals surface area contributed by atoms with Crippen molar-refractivity contribution in [1.29, 1.82) is 0 Å². The highest BCUT2D eigenvalue weighted by molar-refractivity contribution is 6.09. The number of carbonyl (C=O) groups excluding carboxylic acids is 2. The number of carbonyl (C=O) groups is 2. The third kappa shape index (κ3) is 4.07. The van der Waals surface area contributed by atoms with Crippen molar-refractivity contribution in [2.45, 2.75) is 26.3 Å². The van der Waals surface area contributed by atoms with Gasteiger partial charge in [0.15, 0.2) is 5.78 Å². The number of nitrogens with one attached hydrogen (secondary N) is 1. The van der Waals surface area contributed by atoms with Crippen LogP contribution >= 0.6 is 0 Å². The maximum absolute atomic E-state index is 13.3. The molecule has 2 aromatic carbocycles. The van der Waals surface area contributed by atoms with E-state index < -0.39 is 0 Å². The number of nitrogens with zero attached hydrogens (tertiary/aromatic N) is 2. The summed E-state index contributed by atoms with van der Waals surface area (Å²) < 4.78 is 5.09. The van der Waals surface area contributed by atoms with Crippen molar-refractivity contribution in [1.82, 2.24) is 15.1 Å². The van der Waals surface area contributed by atoms with E-state index in [0.29, 0.717) is 25.4 Å². The molecule has 4 rings (SSSR count). The number of hydrogen-bond acceptors (Lipinski definition) is 5. The molecule has 1 aliphatic heterocycles. The van der Waals surface area contributed by atoms with Crippen molar-refractivity contribution >= 4 is 22.5 Å². The van der Waals surface area contributed by atoms with Gasteiger partial charge >= 0.3 is 5.97 Å². The molecule has 0 aliphatic carbocycles. The second kappa shape index (κ2) is 8.57. The highest BCUT2D eigenvalue weighted by Crippen LogP contribution is 2.26. The largest absolute Gasteiger partial charge is 0.461 e. The van der Waals surface area contributed by atoms with Crippen LogP contribution in [-0.2, 0) is 11.3 Å². The summed E-state index contributed by atoms with van der Waals surface area (Å²) in [4.78, 5) is 27.6. The van der Waals surface area contributed by atoms with E-state index in [-0.39, 0.29) is 17.7 Å². The molecule has 1 saturated heterocycles. The summed E-state index contributed by atoms with van der Waals surface area (Å²) in [5, 5.41) is 8.85. The molecule has 1 atom stereocenters. The first-order chi connectivity index (χ1) is 14.2. The minimum Gasteiger partial charge on any atom is -0.461 e. The van der Waals surface area contributed by atoms with Gasteiger partial charge in [-0.1, -0.05) is 42.5 Å². The number of Topliss-reactive ketones (excluding diaryl/α,β-unsaturated/α-hetero) is 1. The summed E-state index contributed by atoms with van der Waals surface area (Å²) >= 11 is 0. The molecule has 1 N–H and O–H groups in total. The smallest absolute Gasteiger partial charge is 0.356 e. The number of aromatic amines is 1. The molecule has 3 aromatic rings. The van der Waals surface area contributed by atoms with Crippen LogP contribution in [0.4, 0.5) is 0 Å². The third-order valence-corrected chi connectivity index (χ3v) is 5.52. The van der Waals surface area contributed by atoms with Crippen molar-refractivity contribution in [3.05, 3.63) is 65.5 Å². The number of rotatable bonds is 6. The maximum atomic E-state index is 13.3. The van der Waals surface area contributed by atoms with Gasteiger partial charge in [-0.15, -0.1) is 0 Å². The number of aromatic nitrogens is 2. The van der Waals surface area contributed by atoms with E-state index in [4.69, 9.17) is 4.74 Å². The van der Waals surface area contributed by atoms with Crippen molar-refractivity contribution in [3.63, 3.8) is 0 Å². The van der Waals surface area contributed by atoms with Crippen LogP contribution in [0.25, 0.3) is 10.8 Å². The minimum atomic E-state index is -0.389. The molecule has 6 nitrogen and oxygen atoms in total. The molecule has 1 fully saturated rings. The quantitative estimate of drug-likeness (QED) is 0.510. The molecule has 0 radical (unpaired) electrons. The van der Waals surface area contributed by atoms with Gasteiger partial charge in [-0.3, -0.25) is 14.8 Å². The van der Waals surface area contributed by atoms with Gasteiger partial charge in [0.25, 0.3) is 0 Å². The highest BCUT2D eigenvalue weighted by atomic mass is 16.5. The minimum absolute atomic E-state index is 0.0486. The van der Waals surface area contributed by atoms with Crippen LogP contribution in [0.1, 0.15) is 46.2 Å². The third-order valence-electron chi connectivity index (χ3n) is 5.52. The number of benzene rings is 2. The van der Waals surface area contributed by atoms with Crippen LogP contribution in [0.2, 0.25) is 0 Å². The molecule has 0 bridgehead atoms. The van der Waals surface area contributed by atoms with Gasteiger partial charge in [0.05, 0.1) is 12.8 Å². The monoisotopic (exact) mass is 391 g/mol. The van der Waals surface area contributed by atoms with Gasteiger partial charge in [0.1, 0.15) is 5.69 Å². The summed E-state index contributed by atoms with van der Waals surface area (Å²) in [5.74, 6) is -0.239. The molecule has 1 aliphatic rings. The van der Waals surface area contributed by atoms with E-state index in [2.05, 4.69) is 15.1 Å². The number of esters is 1. The zero-order chi connectivity index (χ0) is 20.2. The van der Waals surface area contributed by atoms with Crippen LogP contribution in [-0.4, -0.2) is 46.5 Å². The number of hydrogen-bond donors (Lipinski definition) is 1.